The molecule has 94 valence electrons. The first kappa shape index (κ1) is 12.3. The molecule has 4 nitrogen and oxygen atoms in total. The van der Waals surface area contributed by atoms with Crippen LogP contribution in [0.25, 0.3) is 0 Å². The molecule has 2 fully saturated rings. The van der Waals surface area contributed by atoms with Crippen molar-refractivity contribution < 1.29 is 9.47 Å². The summed E-state index contributed by atoms with van der Waals surface area (Å²) in [5.74, 6) is 0.768. The van der Waals surface area contributed by atoms with E-state index in [9.17, 15) is 0 Å². The lowest BCUT2D eigenvalue weighted by Gasteiger charge is -2.31. The SMILES string of the molecule is CCN1CCC(CC2OCC(CN)O2)CC1. The Hall–Kier alpha value is -0.160. The molecule has 0 aliphatic carbocycles. The van der Waals surface area contributed by atoms with Gasteiger partial charge in [-0.25, -0.2) is 0 Å². The summed E-state index contributed by atoms with van der Waals surface area (Å²) in [5, 5.41) is 0. The summed E-state index contributed by atoms with van der Waals surface area (Å²) in [7, 11) is 0. The second-order valence-corrected chi connectivity index (χ2v) is 4.87. The van der Waals surface area contributed by atoms with Gasteiger partial charge in [-0.2, -0.15) is 0 Å². The number of likely N-dealkylation sites (tertiary alicyclic amines) is 1. The Morgan fingerprint density at radius 3 is 2.62 bits per heavy atom. The molecule has 0 spiro atoms. The van der Waals surface area contributed by atoms with Gasteiger partial charge in [0.2, 0.25) is 0 Å². The third kappa shape index (κ3) is 3.17. The molecule has 2 aliphatic heterocycles. The minimum atomic E-state index is 0.00623. The standard InChI is InChI=1S/C12H24N2O2/c1-2-14-5-3-10(4-6-14)7-12-15-9-11(8-13)16-12/h10-12H,2-9,13H2,1H3. The van der Waals surface area contributed by atoms with Gasteiger partial charge in [0.05, 0.1) is 12.7 Å². The summed E-state index contributed by atoms with van der Waals surface area (Å²) in [6, 6.07) is 0. The fourth-order valence-corrected chi connectivity index (χ4v) is 2.57. The van der Waals surface area contributed by atoms with E-state index in [2.05, 4.69) is 11.8 Å². The average molecular weight is 228 g/mol. The molecule has 16 heavy (non-hydrogen) atoms. The first-order chi connectivity index (χ1) is 7.81. The van der Waals surface area contributed by atoms with E-state index in [0.717, 1.165) is 12.3 Å². The van der Waals surface area contributed by atoms with Gasteiger partial charge in [-0.1, -0.05) is 6.92 Å². The molecule has 0 saturated carbocycles. The first-order valence-corrected chi connectivity index (χ1v) is 6.51. The lowest BCUT2D eigenvalue weighted by Crippen LogP contribution is -2.34. The fraction of sp³-hybridized carbons (Fsp3) is 1.00. The smallest absolute Gasteiger partial charge is 0.158 e. The highest BCUT2D eigenvalue weighted by Gasteiger charge is 2.28. The summed E-state index contributed by atoms with van der Waals surface area (Å²) in [5.41, 5.74) is 5.55. The molecule has 2 aliphatic rings. The first-order valence-electron chi connectivity index (χ1n) is 6.51. The van der Waals surface area contributed by atoms with Crippen LogP contribution >= 0.6 is 0 Å². The largest absolute Gasteiger partial charge is 0.350 e. The quantitative estimate of drug-likeness (QED) is 0.773. The second kappa shape index (κ2) is 5.96. The highest BCUT2D eigenvalue weighted by atomic mass is 16.7. The second-order valence-electron chi connectivity index (χ2n) is 4.87. The van der Waals surface area contributed by atoms with Crippen LogP contribution in [-0.4, -0.2) is 50.1 Å². The van der Waals surface area contributed by atoms with Crippen LogP contribution < -0.4 is 5.73 Å². The summed E-state index contributed by atoms with van der Waals surface area (Å²) in [4.78, 5) is 2.51. The molecule has 2 heterocycles. The molecule has 0 aromatic carbocycles. The van der Waals surface area contributed by atoms with Crippen LogP contribution in [0.2, 0.25) is 0 Å². The van der Waals surface area contributed by atoms with Gasteiger partial charge in [0, 0.05) is 13.0 Å². The highest BCUT2D eigenvalue weighted by molar-refractivity contribution is 4.75. The van der Waals surface area contributed by atoms with Gasteiger partial charge < -0.3 is 20.1 Å². The number of nitrogens with two attached hydrogens (primary N) is 1. The number of ether oxygens (including phenoxy) is 2. The van der Waals surface area contributed by atoms with Crippen molar-refractivity contribution in [2.24, 2.45) is 11.7 Å². The maximum absolute atomic E-state index is 5.71. The van der Waals surface area contributed by atoms with E-state index in [-0.39, 0.29) is 12.4 Å². The van der Waals surface area contributed by atoms with Gasteiger partial charge in [0.15, 0.2) is 6.29 Å². The van der Waals surface area contributed by atoms with Crippen LogP contribution in [-0.2, 0) is 9.47 Å². The van der Waals surface area contributed by atoms with E-state index >= 15 is 0 Å². The van der Waals surface area contributed by atoms with E-state index in [1.54, 1.807) is 0 Å². The minimum absolute atomic E-state index is 0.00623. The predicted molar refractivity (Wildman–Crippen MR) is 63.1 cm³/mol. The number of hydrogen-bond donors (Lipinski definition) is 1. The van der Waals surface area contributed by atoms with E-state index < -0.39 is 0 Å². The summed E-state index contributed by atoms with van der Waals surface area (Å²) < 4.78 is 11.3. The highest BCUT2D eigenvalue weighted by Crippen LogP contribution is 2.25. The average Bonchev–Trinajstić information content (AvgIpc) is 2.78. The Labute approximate surface area is 98.1 Å². The maximum atomic E-state index is 5.71. The number of hydrogen-bond acceptors (Lipinski definition) is 4. The van der Waals surface area contributed by atoms with E-state index in [4.69, 9.17) is 15.2 Å². The Bertz CT molecular complexity index is 205. The van der Waals surface area contributed by atoms with Crippen LogP contribution in [0.4, 0.5) is 0 Å². The Morgan fingerprint density at radius 2 is 2.06 bits per heavy atom. The van der Waals surface area contributed by atoms with Crippen LogP contribution in [0.1, 0.15) is 26.2 Å². The molecule has 0 amide bonds. The van der Waals surface area contributed by atoms with E-state index in [1.165, 1.54) is 32.5 Å². The predicted octanol–water partition coefficient (Wildman–Crippen LogP) is 0.809. The lowest BCUT2D eigenvalue weighted by atomic mass is 9.93. The Balaban J connectivity index is 1.67. The summed E-state index contributed by atoms with van der Waals surface area (Å²) >= 11 is 0. The molecular formula is C12H24N2O2. The van der Waals surface area contributed by atoms with Crippen LogP contribution in [0.3, 0.4) is 0 Å². The topological polar surface area (TPSA) is 47.7 Å². The molecule has 2 saturated heterocycles. The van der Waals surface area contributed by atoms with Crippen LogP contribution in [0.5, 0.6) is 0 Å². The zero-order chi connectivity index (χ0) is 11.4. The summed E-state index contributed by atoms with van der Waals surface area (Å²) in [6.45, 7) is 7.12. The molecule has 4 heteroatoms. The molecule has 2 N–H and O–H groups in total. The van der Waals surface area contributed by atoms with E-state index in [0.29, 0.717) is 13.2 Å². The van der Waals surface area contributed by atoms with Crippen molar-refractivity contribution in [3.63, 3.8) is 0 Å². The van der Waals surface area contributed by atoms with Gasteiger partial charge >= 0.3 is 0 Å². The molecule has 0 aromatic rings. The number of piperidine rings is 1. The normalized spacial score (nSPS) is 33.4. The molecule has 0 aromatic heterocycles. The van der Waals surface area contributed by atoms with Gasteiger partial charge in [-0.3, -0.25) is 0 Å². The molecular weight excluding hydrogens is 204 g/mol. The van der Waals surface area contributed by atoms with Crippen molar-refractivity contribution in [1.82, 2.24) is 4.90 Å². The van der Waals surface area contributed by atoms with E-state index in [1.807, 2.05) is 0 Å². The van der Waals surface area contributed by atoms with Crippen molar-refractivity contribution in [3.8, 4) is 0 Å². The fourth-order valence-electron chi connectivity index (χ4n) is 2.57. The van der Waals surface area contributed by atoms with Crippen LogP contribution in [0.15, 0.2) is 0 Å². The Morgan fingerprint density at radius 1 is 1.31 bits per heavy atom. The van der Waals surface area contributed by atoms with Gasteiger partial charge in [0.25, 0.3) is 0 Å². The zero-order valence-electron chi connectivity index (χ0n) is 10.2. The molecule has 2 atom stereocenters. The van der Waals surface area contributed by atoms with Gasteiger partial charge in [0.1, 0.15) is 0 Å². The van der Waals surface area contributed by atoms with Gasteiger partial charge in [-0.05, 0) is 38.4 Å². The number of nitrogens with zero attached hydrogens (tertiary/aromatic N) is 1. The third-order valence-corrected chi connectivity index (χ3v) is 3.76. The molecule has 0 bridgehead atoms. The van der Waals surface area contributed by atoms with Crippen LogP contribution in [0, 0.1) is 5.92 Å². The monoisotopic (exact) mass is 228 g/mol. The zero-order valence-corrected chi connectivity index (χ0v) is 10.2. The van der Waals surface area contributed by atoms with Crippen molar-refractivity contribution in [1.29, 1.82) is 0 Å². The van der Waals surface area contributed by atoms with Crippen molar-refractivity contribution in [3.05, 3.63) is 0 Å². The van der Waals surface area contributed by atoms with Crippen molar-refractivity contribution in [2.45, 2.75) is 38.6 Å². The molecule has 2 rings (SSSR count). The Kier molecular flexibility index (Phi) is 4.58. The lowest BCUT2D eigenvalue weighted by molar-refractivity contribution is -0.0740. The summed E-state index contributed by atoms with van der Waals surface area (Å²) in [6.07, 6.45) is 3.75. The minimum Gasteiger partial charge on any atom is -0.350 e. The molecule has 2 unspecified atom stereocenters. The van der Waals surface area contributed by atoms with Crippen molar-refractivity contribution in [2.75, 3.05) is 32.8 Å². The third-order valence-electron chi connectivity index (χ3n) is 3.76. The maximum Gasteiger partial charge on any atom is 0.158 e. The molecule has 0 radical (unpaired) electrons. The number of rotatable bonds is 4. The van der Waals surface area contributed by atoms with Gasteiger partial charge in [-0.15, -0.1) is 0 Å². The van der Waals surface area contributed by atoms with Crippen molar-refractivity contribution >= 4 is 0 Å².